The SMILES string of the molecule is O=C(O)C1CC([NH+]2CCCCC2C(=O)[O-])CCN1C(=O)[C@@H](Cc1ccc(O)c(Br)c1)OC(=O)N1CCC(N2CCc3ccccc3NC2=O)CC1. The Bertz CT molecular complexity index is 1650. The molecule has 4 aliphatic rings. The quantitative estimate of drug-likeness (QED) is 0.308. The number of aromatic hydroxyl groups is 1. The van der Waals surface area contributed by atoms with Gasteiger partial charge >= 0.3 is 18.1 Å². The Labute approximate surface area is 304 Å². The lowest BCUT2D eigenvalue weighted by atomic mass is 9.90. The summed E-state index contributed by atoms with van der Waals surface area (Å²) in [6, 6.07) is 9.85. The molecule has 0 spiro atoms. The lowest BCUT2D eigenvalue weighted by Gasteiger charge is -2.44. The van der Waals surface area contributed by atoms with Gasteiger partial charge in [0, 0.05) is 63.6 Å². The molecule has 14 nitrogen and oxygen atoms in total. The van der Waals surface area contributed by atoms with Crippen LogP contribution in [-0.4, -0.2) is 118 Å². The van der Waals surface area contributed by atoms with Crippen LogP contribution >= 0.6 is 15.9 Å². The van der Waals surface area contributed by atoms with Crippen molar-refractivity contribution in [2.45, 2.75) is 88.1 Å². The Kier molecular flexibility index (Phi) is 11.3. The first kappa shape index (κ1) is 36.4. The second kappa shape index (κ2) is 15.9. The van der Waals surface area contributed by atoms with E-state index in [4.69, 9.17) is 4.74 Å². The van der Waals surface area contributed by atoms with Gasteiger partial charge in [-0.25, -0.2) is 14.4 Å². The summed E-state index contributed by atoms with van der Waals surface area (Å²) in [4.78, 5) is 70.8. The predicted octanol–water partition coefficient (Wildman–Crippen LogP) is 1.39. The van der Waals surface area contributed by atoms with Crippen LogP contribution in [0.15, 0.2) is 46.9 Å². The number of carbonyl (C=O) groups is 5. The first-order chi connectivity index (χ1) is 24.5. The summed E-state index contributed by atoms with van der Waals surface area (Å²) in [5.74, 6) is -3.02. The first-order valence-electron chi connectivity index (χ1n) is 17.7. The van der Waals surface area contributed by atoms with Gasteiger partial charge in [-0.1, -0.05) is 24.3 Å². The maximum absolute atomic E-state index is 14.2. The van der Waals surface area contributed by atoms with Gasteiger partial charge in [-0.05, 0) is 77.4 Å². The normalized spacial score (nSPS) is 24.9. The van der Waals surface area contributed by atoms with E-state index in [1.54, 1.807) is 12.1 Å². The number of phenols is 1. The predicted molar refractivity (Wildman–Crippen MR) is 185 cm³/mol. The second-order valence-electron chi connectivity index (χ2n) is 13.9. The third-order valence-electron chi connectivity index (χ3n) is 10.9. The Hall–Kier alpha value is -4.37. The Morgan fingerprint density at radius 1 is 1.02 bits per heavy atom. The molecule has 0 aromatic heterocycles. The lowest BCUT2D eigenvalue weighted by molar-refractivity contribution is -0.949. The molecule has 4 N–H and O–H groups in total. The number of phenolic OH excluding ortho intramolecular Hbond substituents is 1. The summed E-state index contributed by atoms with van der Waals surface area (Å²) >= 11 is 3.29. The number of likely N-dealkylation sites (tertiary alicyclic amines) is 3. The maximum atomic E-state index is 14.2. The van der Waals surface area contributed by atoms with Crippen LogP contribution in [0.1, 0.15) is 56.1 Å². The molecule has 2 aromatic carbocycles. The van der Waals surface area contributed by atoms with Crippen LogP contribution in [0.3, 0.4) is 0 Å². The van der Waals surface area contributed by atoms with Crippen LogP contribution in [-0.2, 0) is 32.0 Å². The molecule has 0 bridgehead atoms. The minimum atomic E-state index is -1.36. The van der Waals surface area contributed by atoms with Gasteiger partial charge < -0.3 is 49.8 Å². The highest BCUT2D eigenvalue weighted by Crippen LogP contribution is 2.28. The van der Waals surface area contributed by atoms with E-state index in [1.165, 1.54) is 15.9 Å². The molecule has 4 heterocycles. The molecule has 4 aliphatic heterocycles. The fraction of sp³-hybridized carbons (Fsp3) is 0.528. The van der Waals surface area contributed by atoms with Crippen molar-refractivity contribution in [1.29, 1.82) is 0 Å². The Balaban J connectivity index is 1.14. The van der Waals surface area contributed by atoms with Gasteiger partial charge in [-0.3, -0.25) is 4.79 Å². The number of quaternary nitrogens is 1. The number of piperidine rings is 3. The van der Waals surface area contributed by atoms with Crippen molar-refractivity contribution in [2.24, 2.45) is 0 Å². The zero-order valence-electron chi connectivity index (χ0n) is 28.3. The summed E-state index contributed by atoms with van der Waals surface area (Å²) in [6.07, 6.45) is 2.11. The van der Waals surface area contributed by atoms with Gasteiger partial charge in [0.25, 0.3) is 5.91 Å². The van der Waals surface area contributed by atoms with Gasteiger partial charge in [-0.15, -0.1) is 0 Å². The molecule has 5 atom stereocenters. The van der Waals surface area contributed by atoms with Crippen LogP contribution in [0, 0.1) is 0 Å². The van der Waals surface area contributed by atoms with Crippen molar-refractivity contribution in [3.63, 3.8) is 0 Å². The number of halogens is 1. The van der Waals surface area contributed by atoms with Crippen LogP contribution in [0.2, 0.25) is 0 Å². The molecule has 2 aromatic rings. The molecule has 274 valence electrons. The minimum Gasteiger partial charge on any atom is -0.544 e. The number of carbonyl (C=O) groups excluding carboxylic acids is 4. The molecule has 3 saturated heterocycles. The number of urea groups is 1. The number of para-hydroxylation sites is 1. The average molecular weight is 771 g/mol. The van der Waals surface area contributed by atoms with Gasteiger partial charge in [0.15, 0.2) is 6.10 Å². The molecule has 51 heavy (non-hydrogen) atoms. The second-order valence-corrected chi connectivity index (χ2v) is 14.8. The molecule has 3 fully saturated rings. The van der Waals surface area contributed by atoms with E-state index in [0.29, 0.717) is 68.3 Å². The third kappa shape index (κ3) is 8.25. The van der Waals surface area contributed by atoms with Crippen LogP contribution in [0.25, 0.3) is 0 Å². The monoisotopic (exact) mass is 769 g/mol. The summed E-state index contributed by atoms with van der Waals surface area (Å²) in [5, 5.41) is 35.2. The highest BCUT2D eigenvalue weighted by molar-refractivity contribution is 9.10. The molecule has 6 rings (SSSR count). The Morgan fingerprint density at radius 2 is 1.78 bits per heavy atom. The smallest absolute Gasteiger partial charge is 0.410 e. The zero-order chi connectivity index (χ0) is 36.2. The van der Waals surface area contributed by atoms with E-state index in [9.17, 15) is 39.3 Å². The van der Waals surface area contributed by atoms with E-state index in [1.807, 2.05) is 29.2 Å². The van der Waals surface area contributed by atoms with Gasteiger partial charge in [-0.2, -0.15) is 0 Å². The number of carboxylic acid groups (broad SMARTS) is 2. The highest BCUT2D eigenvalue weighted by atomic mass is 79.9. The van der Waals surface area contributed by atoms with Gasteiger partial charge in [0.1, 0.15) is 17.8 Å². The number of aliphatic carboxylic acids is 2. The Morgan fingerprint density at radius 3 is 2.51 bits per heavy atom. The van der Waals surface area contributed by atoms with Gasteiger partial charge in [0.05, 0.1) is 23.0 Å². The summed E-state index contributed by atoms with van der Waals surface area (Å²) < 4.78 is 6.29. The maximum Gasteiger partial charge on any atom is 0.410 e. The van der Waals surface area contributed by atoms with E-state index >= 15 is 0 Å². The molecule has 4 amide bonds. The molecular weight excluding hydrogens is 726 g/mol. The fourth-order valence-electron chi connectivity index (χ4n) is 8.15. The number of nitrogens with one attached hydrogen (secondary N) is 2. The molecule has 0 radical (unpaired) electrons. The van der Waals surface area contributed by atoms with Crippen molar-refractivity contribution in [3.05, 3.63) is 58.1 Å². The average Bonchev–Trinajstić information content (AvgIpc) is 3.30. The first-order valence-corrected chi connectivity index (χ1v) is 18.5. The number of hydrogen-bond acceptors (Lipinski definition) is 8. The number of ether oxygens (including phenoxy) is 1. The van der Waals surface area contributed by atoms with Crippen molar-refractivity contribution >= 4 is 51.6 Å². The van der Waals surface area contributed by atoms with Crippen molar-refractivity contribution in [1.82, 2.24) is 14.7 Å². The van der Waals surface area contributed by atoms with E-state index in [0.717, 1.165) is 29.0 Å². The topological polar surface area (TPSA) is 184 Å². The van der Waals surface area contributed by atoms with Crippen molar-refractivity contribution < 1.29 is 48.9 Å². The zero-order valence-corrected chi connectivity index (χ0v) is 29.9. The number of anilines is 1. The van der Waals surface area contributed by atoms with Crippen LogP contribution < -0.4 is 15.3 Å². The highest BCUT2D eigenvalue weighted by Gasteiger charge is 2.45. The number of rotatable bonds is 8. The number of benzene rings is 2. The van der Waals surface area contributed by atoms with Crippen LogP contribution in [0.4, 0.5) is 15.3 Å². The van der Waals surface area contributed by atoms with E-state index in [2.05, 4.69) is 21.2 Å². The van der Waals surface area contributed by atoms with E-state index in [-0.39, 0.29) is 43.3 Å². The van der Waals surface area contributed by atoms with E-state index < -0.39 is 42.1 Å². The largest absolute Gasteiger partial charge is 0.544 e. The van der Waals surface area contributed by atoms with Crippen molar-refractivity contribution in [2.75, 3.05) is 38.0 Å². The molecular formula is C36H44BrN5O9. The van der Waals surface area contributed by atoms with Crippen molar-refractivity contribution in [3.8, 4) is 5.75 Å². The number of carboxylic acids is 2. The summed E-state index contributed by atoms with van der Waals surface area (Å²) in [7, 11) is 0. The molecule has 0 saturated carbocycles. The summed E-state index contributed by atoms with van der Waals surface area (Å²) in [5.41, 5.74) is 2.44. The number of hydrogen-bond donors (Lipinski definition) is 4. The number of nitrogens with zero attached hydrogens (tertiary/aromatic N) is 3. The summed E-state index contributed by atoms with van der Waals surface area (Å²) in [6.45, 7) is 1.79. The molecule has 0 aliphatic carbocycles. The minimum absolute atomic E-state index is 0.00782. The third-order valence-corrected chi connectivity index (χ3v) is 11.5. The number of amides is 4. The standard InChI is InChI=1S/C36H44BrN5O9/c37-26-19-22(8-9-30(26)43)20-31(32(44)42-18-13-25(21-29(42)34(47)48)40-14-4-3-7-28(40)33(45)46)51-36(50)39-15-11-24(12-16-39)41-17-10-23-5-1-2-6-27(23)38-35(41)49/h1-2,5-6,8-9,19,24-25,28-29,31,43H,3-4,7,10-18,20-21H2,(H,38,49)(H,45,46)(H,47,48)/t25?,28?,29?,31-/m1/s1. The van der Waals surface area contributed by atoms with Crippen LogP contribution in [0.5, 0.6) is 5.75 Å². The molecule has 4 unspecified atom stereocenters. The fourth-order valence-corrected chi connectivity index (χ4v) is 8.57. The molecule has 15 heteroatoms. The lowest BCUT2D eigenvalue weighted by Crippen LogP contribution is -3.21. The van der Waals surface area contributed by atoms with Gasteiger partial charge in [0.2, 0.25) is 0 Å². The number of fused-ring (bicyclic) bond motifs is 1.